The van der Waals surface area contributed by atoms with Crippen LogP contribution in [0.5, 0.6) is 17.2 Å². The maximum Gasteiger partial charge on any atom is 0.255 e. The molecule has 0 aliphatic carbocycles. The molecular weight excluding hydrogens is 318 g/mol. The number of anilines is 1. The van der Waals surface area contributed by atoms with Crippen LogP contribution in [0.15, 0.2) is 36.4 Å². The van der Waals surface area contributed by atoms with Crippen LogP contribution in [0.2, 0.25) is 0 Å². The second kappa shape index (κ2) is 7.74. The van der Waals surface area contributed by atoms with Gasteiger partial charge in [0.05, 0.1) is 21.3 Å². The fourth-order valence-corrected chi connectivity index (χ4v) is 2.32. The lowest BCUT2D eigenvalue weighted by Gasteiger charge is -2.14. The Labute approximate surface area is 140 Å². The van der Waals surface area contributed by atoms with Crippen LogP contribution in [0.1, 0.15) is 15.9 Å². The van der Waals surface area contributed by atoms with Crippen molar-refractivity contribution in [1.29, 1.82) is 0 Å². The Morgan fingerprint density at radius 3 is 2.22 bits per heavy atom. The van der Waals surface area contributed by atoms with Gasteiger partial charge in [0.2, 0.25) is 5.75 Å². The topological polar surface area (TPSA) is 56.8 Å². The third-order valence-electron chi connectivity index (χ3n) is 3.27. The van der Waals surface area contributed by atoms with Crippen LogP contribution in [-0.2, 0) is 5.88 Å². The van der Waals surface area contributed by atoms with Gasteiger partial charge in [-0.25, -0.2) is 0 Å². The van der Waals surface area contributed by atoms with E-state index in [4.69, 9.17) is 25.8 Å². The first-order valence-electron chi connectivity index (χ1n) is 6.89. The van der Waals surface area contributed by atoms with Gasteiger partial charge >= 0.3 is 0 Å². The van der Waals surface area contributed by atoms with Gasteiger partial charge in [0, 0.05) is 29.3 Å². The number of hydrogen-bond donors (Lipinski definition) is 1. The van der Waals surface area contributed by atoms with Crippen molar-refractivity contribution in [2.45, 2.75) is 5.88 Å². The van der Waals surface area contributed by atoms with Crippen LogP contribution < -0.4 is 19.5 Å². The average molecular weight is 336 g/mol. The molecule has 1 N–H and O–H groups in total. The smallest absolute Gasteiger partial charge is 0.255 e. The van der Waals surface area contributed by atoms with Crippen LogP contribution in [0.25, 0.3) is 0 Å². The minimum absolute atomic E-state index is 0.244. The van der Waals surface area contributed by atoms with Gasteiger partial charge in [0.15, 0.2) is 11.5 Å². The van der Waals surface area contributed by atoms with E-state index in [2.05, 4.69) is 5.32 Å². The van der Waals surface area contributed by atoms with Crippen LogP contribution in [-0.4, -0.2) is 27.2 Å². The molecule has 1 amide bonds. The van der Waals surface area contributed by atoms with Crippen LogP contribution in [0.4, 0.5) is 5.69 Å². The molecule has 0 atom stereocenters. The van der Waals surface area contributed by atoms with Crippen LogP contribution >= 0.6 is 11.6 Å². The van der Waals surface area contributed by atoms with Crippen molar-refractivity contribution in [3.8, 4) is 17.2 Å². The lowest BCUT2D eigenvalue weighted by atomic mass is 10.1. The van der Waals surface area contributed by atoms with E-state index in [9.17, 15) is 4.79 Å². The Morgan fingerprint density at radius 1 is 1.04 bits per heavy atom. The summed E-state index contributed by atoms with van der Waals surface area (Å²) in [6, 6.07) is 10.5. The fraction of sp³-hybridized carbons (Fsp3) is 0.235. The normalized spacial score (nSPS) is 10.1. The van der Waals surface area contributed by atoms with Gasteiger partial charge in [-0.1, -0.05) is 12.1 Å². The van der Waals surface area contributed by atoms with E-state index in [-0.39, 0.29) is 5.91 Å². The third kappa shape index (κ3) is 3.87. The largest absolute Gasteiger partial charge is 0.493 e. The molecule has 0 spiro atoms. The zero-order valence-electron chi connectivity index (χ0n) is 13.2. The molecule has 0 bridgehead atoms. The van der Waals surface area contributed by atoms with Gasteiger partial charge in [-0.2, -0.15) is 0 Å². The summed E-state index contributed by atoms with van der Waals surface area (Å²) in [7, 11) is 4.57. The molecule has 0 unspecified atom stereocenters. The number of halogens is 1. The van der Waals surface area contributed by atoms with Gasteiger partial charge in [0.1, 0.15) is 0 Å². The first-order chi connectivity index (χ1) is 11.1. The maximum atomic E-state index is 12.4. The predicted octanol–water partition coefficient (Wildman–Crippen LogP) is 3.70. The van der Waals surface area contributed by atoms with Crippen LogP contribution in [0, 0.1) is 0 Å². The van der Waals surface area contributed by atoms with Crippen molar-refractivity contribution in [3.05, 3.63) is 47.5 Å². The van der Waals surface area contributed by atoms with E-state index in [0.29, 0.717) is 34.4 Å². The molecule has 2 aromatic rings. The molecule has 0 saturated carbocycles. The first-order valence-corrected chi connectivity index (χ1v) is 7.42. The summed E-state index contributed by atoms with van der Waals surface area (Å²) in [5.41, 5.74) is 1.95. The summed E-state index contributed by atoms with van der Waals surface area (Å²) < 4.78 is 15.8. The number of alkyl halides is 1. The predicted molar refractivity (Wildman–Crippen MR) is 90.1 cm³/mol. The molecule has 6 heteroatoms. The number of amides is 1. The Hall–Kier alpha value is -2.40. The monoisotopic (exact) mass is 335 g/mol. The SMILES string of the molecule is COc1cc(NC(=O)c2cccc(CCl)c2)cc(OC)c1OC. The average Bonchev–Trinajstić information content (AvgIpc) is 2.60. The minimum atomic E-state index is -0.244. The molecule has 0 aliphatic heterocycles. The number of ether oxygens (including phenoxy) is 3. The highest BCUT2D eigenvalue weighted by atomic mass is 35.5. The molecule has 0 heterocycles. The highest BCUT2D eigenvalue weighted by molar-refractivity contribution is 6.17. The summed E-state index contributed by atoms with van der Waals surface area (Å²) in [6.07, 6.45) is 0. The van der Waals surface area contributed by atoms with Crippen molar-refractivity contribution in [1.82, 2.24) is 0 Å². The molecule has 0 fully saturated rings. The zero-order chi connectivity index (χ0) is 16.8. The fourth-order valence-electron chi connectivity index (χ4n) is 2.15. The van der Waals surface area contributed by atoms with E-state index < -0.39 is 0 Å². The number of benzene rings is 2. The van der Waals surface area contributed by atoms with E-state index >= 15 is 0 Å². The van der Waals surface area contributed by atoms with Crippen molar-refractivity contribution in [2.75, 3.05) is 26.6 Å². The quantitative estimate of drug-likeness (QED) is 0.818. The number of carbonyl (C=O) groups is 1. The van der Waals surface area contributed by atoms with E-state index in [1.807, 2.05) is 6.07 Å². The number of carbonyl (C=O) groups excluding carboxylic acids is 1. The number of hydrogen-bond acceptors (Lipinski definition) is 4. The second-order valence-electron chi connectivity index (χ2n) is 4.70. The van der Waals surface area contributed by atoms with Gasteiger partial charge in [-0.05, 0) is 17.7 Å². The van der Waals surface area contributed by atoms with Crippen LogP contribution in [0.3, 0.4) is 0 Å². The Balaban J connectivity index is 2.30. The summed E-state index contributed by atoms with van der Waals surface area (Å²) in [5, 5.41) is 2.81. The summed E-state index contributed by atoms with van der Waals surface area (Å²) in [4.78, 5) is 12.4. The molecule has 0 radical (unpaired) electrons. The standard InChI is InChI=1S/C17H18ClNO4/c1-21-14-8-13(9-15(22-2)16(14)23-3)19-17(20)12-6-4-5-11(7-12)10-18/h4-9H,10H2,1-3H3,(H,19,20). The van der Waals surface area contributed by atoms with E-state index in [0.717, 1.165) is 5.56 Å². The third-order valence-corrected chi connectivity index (χ3v) is 3.57. The second-order valence-corrected chi connectivity index (χ2v) is 4.97. The summed E-state index contributed by atoms with van der Waals surface area (Å²) >= 11 is 5.80. The van der Waals surface area contributed by atoms with Gasteiger partial charge in [-0.15, -0.1) is 11.6 Å². The molecule has 0 saturated heterocycles. The number of methoxy groups -OCH3 is 3. The van der Waals surface area contributed by atoms with Gasteiger partial charge in [0.25, 0.3) is 5.91 Å². The molecule has 2 aromatic carbocycles. The summed E-state index contributed by atoms with van der Waals surface area (Å²) in [5.74, 6) is 1.52. The van der Waals surface area contributed by atoms with E-state index in [1.165, 1.54) is 21.3 Å². The van der Waals surface area contributed by atoms with Gasteiger partial charge in [-0.3, -0.25) is 4.79 Å². The number of nitrogens with one attached hydrogen (secondary N) is 1. The Bertz CT molecular complexity index is 678. The molecule has 23 heavy (non-hydrogen) atoms. The van der Waals surface area contributed by atoms with Crippen molar-refractivity contribution < 1.29 is 19.0 Å². The maximum absolute atomic E-state index is 12.4. The first kappa shape index (κ1) is 17.0. The van der Waals surface area contributed by atoms with E-state index in [1.54, 1.807) is 30.3 Å². The Kier molecular flexibility index (Phi) is 5.71. The molecule has 0 aromatic heterocycles. The minimum Gasteiger partial charge on any atom is -0.493 e. The zero-order valence-corrected chi connectivity index (χ0v) is 13.9. The highest BCUT2D eigenvalue weighted by Crippen LogP contribution is 2.40. The molecule has 122 valence electrons. The molecule has 5 nitrogen and oxygen atoms in total. The van der Waals surface area contributed by atoms with Gasteiger partial charge < -0.3 is 19.5 Å². The molecular formula is C17H18ClNO4. The Morgan fingerprint density at radius 2 is 1.70 bits per heavy atom. The highest BCUT2D eigenvalue weighted by Gasteiger charge is 2.15. The summed E-state index contributed by atoms with van der Waals surface area (Å²) in [6.45, 7) is 0. The van der Waals surface area contributed by atoms with Crippen molar-refractivity contribution >= 4 is 23.2 Å². The number of rotatable bonds is 6. The lowest BCUT2D eigenvalue weighted by molar-refractivity contribution is 0.102. The van der Waals surface area contributed by atoms with Crippen molar-refractivity contribution in [3.63, 3.8) is 0 Å². The van der Waals surface area contributed by atoms with Crippen molar-refractivity contribution in [2.24, 2.45) is 0 Å². The molecule has 0 aliphatic rings. The lowest BCUT2D eigenvalue weighted by Crippen LogP contribution is -2.12. The molecule has 2 rings (SSSR count).